The lowest BCUT2D eigenvalue weighted by Crippen LogP contribution is -2.30. The summed E-state index contributed by atoms with van der Waals surface area (Å²) in [6.07, 6.45) is 0.0232. The van der Waals surface area contributed by atoms with E-state index in [2.05, 4.69) is 15.0 Å². The predicted molar refractivity (Wildman–Crippen MR) is 131 cm³/mol. The van der Waals surface area contributed by atoms with E-state index in [0.717, 1.165) is 22.5 Å². The highest BCUT2D eigenvalue weighted by Gasteiger charge is 2.19. The number of hydrogen-bond donors (Lipinski definition) is 2. The molecule has 1 heterocycles. The van der Waals surface area contributed by atoms with Crippen LogP contribution in [0.1, 0.15) is 22.9 Å². The van der Waals surface area contributed by atoms with Crippen LogP contribution in [0.4, 0.5) is 5.13 Å². The molecule has 0 bridgehead atoms. The minimum absolute atomic E-state index is 0.0232. The molecule has 168 valence electrons. The van der Waals surface area contributed by atoms with Gasteiger partial charge in [-0.25, -0.2) is 13.4 Å². The lowest BCUT2D eigenvalue weighted by molar-refractivity contribution is -0.121. The average Bonchev–Trinajstić information content (AvgIpc) is 3.24. The van der Waals surface area contributed by atoms with Crippen LogP contribution in [0.5, 0.6) is 0 Å². The van der Waals surface area contributed by atoms with Crippen molar-refractivity contribution in [3.8, 4) is 0 Å². The van der Waals surface area contributed by atoms with Crippen molar-refractivity contribution in [1.82, 2.24) is 10.3 Å². The molecule has 0 atom stereocenters. The number of nitrogens with zero attached hydrogens (tertiary/aromatic N) is 1. The molecule has 0 saturated carbocycles. The van der Waals surface area contributed by atoms with E-state index in [9.17, 15) is 13.2 Å². The third-order valence-electron chi connectivity index (χ3n) is 4.81. The summed E-state index contributed by atoms with van der Waals surface area (Å²) < 4.78 is 27.5. The Kier molecular flexibility index (Phi) is 7.08. The van der Waals surface area contributed by atoms with Gasteiger partial charge in [-0.2, -0.15) is 0 Å². The van der Waals surface area contributed by atoms with Gasteiger partial charge in [0.1, 0.15) is 0 Å². The second kappa shape index (κ2) is 10.2. The van der Waals surface area contributed by atoms with Gasteiger partial charge in [0, 0.05) is 10.4 Å². The van der Waals surface area contributed by atoms with E-state index in [4.69, 9.17) is 11.6 Å². The van der Waals surface area contributed by atoms with Crippen LogP contribution < -0.4 is 10.0 Å². The van der Waals surface area contributed by atoms with Gasteiger partial charge in [0.2, 0.25) is 5.91 Å². The highest BCUT2D eigenvalue weighted by molar-refractivity contribution is 7.93. The zero-order chi connectivity index (χ0) is 23.3. The van der Waals surface area contributed by atoms with E-state index in [1.807, 2.05) is 60.7 Å². The maximum absolute atomic E-state index is 12.8. The molecule has 0 aliphatic heterocycles. The fourth-order valence-electron chi connectivity index (χ4n) is 3.25. The number of hydrogen-bond acceptors (Lipinski definition) is 5. The highest BCUT2D eigenvalue weighted by Crippen LogP contribution is 2.24. The van der Waals surface area contributed by atoms with Crippen molar-refractivity contribution in [3.05, 3.63) is 112 Å². The minimum Gasteiger partial charge on any atom is -0.345 e. The number of carbonyl (C=O) groups is 1. The Labute approximate surface area is 201 Å². The number of amides is 1. The molecule has 0 spiro atoms. The molecule has 4 aromatic rings. The van der Waals surface area contributed by atoms with Crippen LogP contribution >= 0.6 is 22.9 Å². The number of sulfonamides is 1. The van der Waals surface area contributed by atoms with Crippen LogP contribution in [-0.4, -0.2) is 19.3 Å². The molecule has 33 heavy (non-hydrogen) atoms. The van der Waals surface area contributed by atoms with Crippen molar-refractivity contribution >= 4 is 44.0 Å². The van der Waals surface area contributed by atoms with Crippen molar-refractivity contribution < 1.29 is 13.2 Å². The SMILES string of the molecule is O=C(Cc1csc(NS(=O)(=O)c2ccc(Cl)cc2)n1)NC(c1ccccc1)c1ccccc1. The molecule has 4 rings (SSSR count). The van der Waals surface area contributed by atoms with Gasteiger partial charge in [-0.05, 0) is 35.4 Å². The molecule has 0 unspecified atom stereocenters. The topological polar surface area (TPSA) is 88.2 Å². The van der Waals surface area contributed by atoms with Gasteiger partial charge in [-0.1, -0.05) is 72.3 Å². The first-order valence-electron chi connectivity index (χ1n) is 10.0. The lowest BCUT2D eigenvalue weighted by Gasteiger charge is -2.19. The van der Waals surface area contributed by atoms with Crippen molar-refractivity contribution in [1.29, 1.82) is 0 Å². The van der Waals surface area contributed by atoms with Gasteiger partial charge in [0.15, 0.2) is 5.13 Å². The largest absolute Gasteiger partial charge is 0.345 e. The van der Waals surface area contributed by atoms with Crippen LogP contribution in [0.15, 0.2) is 95.2 Å². The van der Waals surface area contributed by atoms with Gasteiger partial charge in [0.05, 0.1) is 23.1 Å². The van der Waals surface area contributed by atoms with Crippen LogP contribution in [0, 0.1) is 0 Å². The van der Waals surface area contributed by atoms with Gasteiger partial charge in [0.25, 0.3) is 10.0 Å². The molecule has 0 aliphatic rings. The van der Waals surface area contributed by atoms with E-state index >= 15 is 0 Å². The predicted octanol–water partition coefficient (Wildman–Crippen LogP) is 5.05. The molecule has 0 radical (unpaired) electrons. The molecule has 0 saturated heterocycles. The summed E-state index contributed by atoms with van der Waals surface area (Å²) in [4.78, 5) is 17.2. The molecule has 0 aliphatic carbocycles. The number of carbonyl (C=O) groups excluding carboxylic acids is 1. The van der Waals surface area contributed by atoms with E-state index in [-0.39, 0.29) is 28.4 Å². The highest BCUT2D eigenvalue weighted by atomic mass is 35.5. The third kappa shape index (κ3) is 5.98. The van der Waals surface area contributed by atoms with E-state index in [0.29, 0.717) is 10.7 Å². The number of thiazole rings is 1. The molecule has 9 heteroatoms. The molecule has 0 fully saturated rings. The second-order valence-electron chi connectivity index (χ2n) is 7.20. The Morgan fingerprint density at radius 2 is 1.48 bits per heavy atom. The van der Waals surface area contributed by atoms with E-state index in [1.54, 1.807) is 5.38 Å². The van der Waals surface area contributed by atoms with Gasteiger partial charge in [-0.3, -0.25) is 9.52 Å². The molecule has 1 aromatic heterocycles. The summed E-state index contributed by atoms with van der Waals surface area (Å²) in [5.74, 6) is -0.217. The molecule has 1 amide bonds. The average molecular weight is 498 g/mol. The van der Waals surface area contributed by atoms with Crippen LogP contribution in [0.3, 0.4) is 0 Å². The quantitative estimate of drug-likeness (QED) is 0.356. The van der Waals surface area contributed by atoms with Crippen molar-refractivity contribution in [2.75, 3.05) is 4.72 Å². The molecule has 3 aromatic carbocycles. The summed E-state index contributed by atoms with van der Waals surface area (Å²) in [5.41, 5.74) is 2.41. The second-order valence-corrected chi connectivity index (χ2v) is 10.2. The number of nitrogens with one attached hydrogen (secondary N) is 2. The maximum atomic E-state index is 12.8. The first kappa shape index (κ1) is 23.0. The van der Waals surface area contributed by atoms with Gasteiger partial charge >= 0.3 is 0 Å². The molecular weight excluding hydrogens is 478 g/mol. The van der Waals surface area contributed by atoms with Crippen LogP contribution in [0.25, 0.3) is 0 Å². The Hall–Kier alpha value is -3.20. The van der Waals surface area contributed by atoms with E-state index in [1.165, 1.54) is 24.3 Å². The van der Waals surface area contributed by atoms with Gasteiger partial charge in [-0.15, -0.1) is 11.3 Å². The van der Waals surface area contributed by atoms with Crippen molar-refractivity contribution in [2.45, 2.75) is 17.4 Å². The van der Waals surface area contributed by atoms with Crippen molar-refractivity contribution in [2.24, 2.45) is 0 Å². The van der Waals surface area contributed by atoms with Crippen LogP contribution in [0.2, 0.25) is 5.02 Å². The molecule has 6 nitrogen and oxygen atoms in total. The molecule has 2 N–H and O–H groups in total. The lowest BCUT2D eigenvalue weighted by atomic mass is 9.98. The fourth-order valence-corrected chi connectivity index (χ4v) is 5.34. The Balaban J connectivity index is 1.45. The number of aromatic nitrogens is 1. The Morgan fingerprint density at radius 1 is 0.909 bits per heavy atom. The number of halogens is 1. The number of benzene rings is 3. The Bertz CT molecular complexity index is 1290. The van der Waals surface area contributed by atoms with Crippen molar-refractivity contribution in [3.63, 3.8) is 0 Å². The minimum atomic E-state index is -3.80. The summed E-state index contributed by atoms with van der Waals surface area (Å²) in [5, 5.41) is 5.36. The maximum Gasteiger partial charge on any atom is 0.263 e. The monoisotopic (exact) mass is 497 g/mol. The fraction of sp³-hybridized carbons (Fsp3) is 0.0833. The standard InChI is InChI=1S/C24H20ClN3O3S2/c25-19-11-13-21(14-12-19)33(30,31)28-24-26-20(16-32-24)15-22(29)27-23(17-7-3-1-4-8-17)18-9-5-2-6-10-18/h1-14,16,23H,15H2,(H,26,28)(H,27,29). The third-order valence-corrected chi connectivity index (χ3v) is 7.35. The molecular formula is C24H20ClN3O3S2. The first-order chi connectivity index (χ1) is 15.9. The summed E-state index contributed by atoms with van der Waals surface area (Å²) in [6.45, 7) is 0. The summed E-state index contributed by atoms with van der Waals surface area (Å²) in [6, 6.07) is 24.9. The first-order valence-corrected chi connectivity index (χ1v) is 12.8. The summed E-state index contributed by atoms with van der Waals surface area (Å²) >= 11 is 6.94. The van der Waals surface area contributed by atoms with Gasteiger partial charge < -0.3 is 5.32 Å². The Morgan fingerprint density at radius 3 is 2.06 bits per heavy atom. The smallest absolute Gasteiger partial charge is 0.263 e. The zero-order valence-corrected chi connectivity index (χ0v) is 19.7. The number of rotatable bonds is 8. The normalized spacial score (nSPS) is 11.3. The summed E-state index contributed by atoms with van der Waals surface area (Å²) in [7, 11) is -3.80. The number of anilines is 1. The van der Waals surface area contributed by atoms with E-state index < -0.39 is 10.0 Å². The zero-order valence-electron chi connectivity index (χ0n) is 17.3. The van der Waals surface area contributed by atoms with Crippen LogP contribution in [-0.2, 0) is 21.2 Å².